The standard InChI is InChI=1S/C12H11BrO3S/c1-6(14)10-8-4-7(15-2)5-9(13)11(8)16-12(10)17-3/h4-5H,1-3H3. The molecule has 3 nitrogen and oxygen atoms in total. The minimum absolute atomic E-state index is 0.00625. The fourth-order valence-electron chi connectivity index (χ4n) is 1.71. The van der Waals surface area contributed by atoms with Crippen LogP contribution in [0.2, 0.25) is 0 Å². The molecule has 2 aromatic rings. The molecule has 0 amide bonds. The van der Waals surface area contributed by atoms with Crippen LogP contribution in [0.4, 0.5) is 0 Å². The van der Waals surface area contributed by atoms with Crippen molar-refractivity contribution in [2.45, 2.75) is 12.0 Å². The van der Waals surface area contributed by atoms with Gasteiger partial charge in [0.2, 0.25) is 0 Å². The highest BCUT2D eigenvalue weighted by Gasteiger charge is 2.19. The van der Waals surface area contributed by atoms with Crippen molar-refractivity contribution < 1.29 is 13.9 Å². The van der Waals surface area contributed by atoms with E-state index in [0.717, 1.165) is 9.86 Å². The average molecular weight is 315 g/mol. The fraction of sp³-hybridized carbons (Fsp3) is 0.250. The molecule has 1 heterocycles. The highest BCUT2D eigenvalue weighted by atomic mass is 79.9. The molecule has 0 radical (unpaired) electrons. The van der Waals surface area contributed by atoms with Gasteiger partial charge in [-0.1, -0.05) is 11.8 Å². The van der Waals surface area contributed by atoms with E-state index in [0.29, 0.717) is 22.0 Å². The lowest BCUT2D eigenvalue weighted by Crippen LogP contribution is -1.92. The SMILES string of the molecule is COc1cc(Br)c2oc(SC)c(C(C)=O)c2c1. The van der Waals surface area contributed by atoms with Gasteiger partial charge in [-0.25, -0.2) is 0 Å². The predicted octanol–water partition coefficient (Wildman–Crippen LogP) is 4.13. The van der Waals surface area contributed by atoms with Crippen LogP contribution in [-0.4, -0.2) is 19.1 Å². The summed E-state index contributed by atoms with van der Waals surface area (Å²) < 4.78 is 11.7. The van der Waals surface area contributed by atoms with Crippen LogP contribution < -0.4 is 4.74 Å². The largest absolute Gasteiger partial charge is 0.497 e. The zero-order valence-electron chi connectivity index (χ0n) is 9.67. The molecular weight excluding hydrogens is 304 g/mol. The van der Waals surface area contributed by atoms with Crippen LogP contribution in [0.5, 0.6) is 5.75 Å². The highest BCUT2D eigenvalue weighted by molar-refractivity contribution is 9.10. The Bertz CT molecular complexity index is 589. The van der Waals surface area contributed by atoms with Gasteiger partial charge in [-0.3, -0.25) is 4.79 Å². The Hall–Kier alpha value is -0.940. The van der Waals surface area contributed by atoms with E-state index >= 15 is 0 Å². The van der Waals surface area contributed by atoms with Gasteiger partial charge < -0.3 is 9.15 Å². The summed E-state index contributed by atoms with van der Waals surface area (Å²) in [5.41, 5.74) is 1.30. The van der Waals surface area contributed by atoms with Gasteiger partial charge in [0.05, 0.1) is 17.1 Å². The van der Waals surface area contributed by atoms with E-state index in [1.54, 1.807) is 7.11 Å². The van der Waals surface area contributed by atoms with Crippen molar-refractivity contribution in [3.8, 4) is 5.75 Å². The van der Waals surface area contributed by atoms with E-state index < -0.39 is 0 Å². The molecule has 1 aromatic carbocycles. The zero-order valence-corrected chi connectivity index (χ0v) is 12.1. The molecule has 0 spiro atoms. The normalized spacial score (nSPS) is 10.8. The summed E-state index contributed by atoms with van der Waals surface area (Å²) >= 11 is 4.84. The van der Waals surface area contributed by atoms with E-state index in [-0.39, 0.29) is 5.78 Å². The Kier molecular flexibility index (Phi) is 3.49. The number of benzene rings is 1. The number of thioether (sulfide) groups is 1. The van der Waals surface area contributed by atoms with Crippen LogP contribution in [0.25, 0.3) is 11.0 Å². The first-order chi connectivity index (χ1) is 8.08. The predicted molar refractivity (Wildman–Crippen MR) is 72.3 cm³/mol. The number of fused-ring (bicyclic) bond motifs is 1. The molecule has 0 saturated carbocycles. The lowest BCUT2D eigenvalue weighted by Gasteiger charge is -2.01. The summed E-state index contributed by atoms with van der Waals surface area (Å²) in [6.45, 7) is 1.54. The molecule has 0 aliphatic heterocycles. The minimum Gasteiger partial charge on any atom is -0.497 e. The number of ether oxygens (including phenoxy) is 1. The average Bonchev–Trinajstić information content (AvgIpc) is 2.67. The third-order valence-corrected chi connectivity index (χ3v) is 3.71. The third kappa shape index (κ3) is 2.09. The second-order valence-electron chi connectivity index (χ2n) is 3.51. The van der Waals surface area contributed by atoms with Crippen molar-refractivity contribution in [2.24, 2.45) is 0 Å². The maximum Gasteiger partial charge on any atom is 0.172 e. The van der Waals surface area contributed by atoms with E-state index in [1.807, 2.05) is 18.4 Å². The van der Waals surface area contributed by atoms with Crippen molar-refractivity contribution in [2.75, 3.05) is 13.4 Å². The molecule has 0 unspecified atom stereocenters. The van der Waals surface area contributed by atoms with Gasteiger partial charge in [0.25, 0.3) is 0 Å². The molecule has 0 aliphatic rings. The van der Waals surface area contributed by atoms with E-state index in [1.165, 1.54) is 18.7 Å². The molecule has 0 fully saturated rings. The van der Waals surface area contributed by atoms with Gasteiger partial charge in [0.15, 0.2) is 16.5 Å². The molecule has 0 N–H and O–H groups in total. The fourth-order valence-corrected chi connectivity index (χ4v) is 2.85. The van der Waals surface area contributed by atoms with Crippen molar-refractivity contribution in [1.82, 2.24) is 0 Å². The number of hydrogen-bond donors (Lipinski definition) is 0. The highest BCUT2D eigenvalue weighted by Crippen LogP contribution is 2.38. The number of rotatable bonds is 3. The van der Waals surface area contributed by atoms with Crippen LogP contribution in [0, 0.1) is 0 Å². The lowest BCUT2D eigenvalue weighted by atomic mass is 10.1. The number of methoxy groups -OCH3 is 1. The number of ketones is 1. The topological polar surface area (TPSA) is 39.4 Å². The number of halogens is 1. The lowest BCUT2D eigenvalue weighted by molar-refractivity contribution is 0.101. The summed E-state index contributed by atoms with van der Waals surface area (Å²) in [5.74, 6) is 0.689. The van der Waals surface area contributed by atoms with Gasteiger partial charge in [-0.15, -0.1) is 0 Å². The van der Waals surface area contributed by atoms with E-state index in [4.69, 9.17) is 9.15 Å². The van der Waals surface area contributed by atoms with Crippen LogP contribution >= 0.6 is 27.7 Å². The van der Waals surface area contributed by atoms with Gasteiger partial charge in [-0.2, -0.15) is 0 Å². The Balaban J connectivity index is 2.84. The molecule has 2 rings (SSSR count). The molecule has 5 heteroatoms. The van der Waals surface area contributed by atoms with Gasteiger partial charge in [-0.05, 0) is 41.2 Å². The Labute approximate surface area is 112 Å². The second-order valence-corrected chi connectivity index (χ2v) is 5.14. The van der Waals surface area contributed by atoms with Gasteiger partial charge in [0.1, 0.15) is 5.75 Å². The van der Waals surface area contributed by atoms with E-state index in [9.17, 15) is 4.79 Å². The molecule has 1 aromatic heterocycles. The van der Waals surface area contributed by atoms with Gasteiger partial charge in [0, 0.05) is 5.39 Å². The second kappa shape index (κ2) is 4.74. The van der Waals surface area contributed by atoms with Crippen LogP contribution in [0.3, 0.4) is 0 Å². The van der Waals surface area contributed by atoms with Crippen molar-refractivity contribution >= 4 is 44.4 Å². The van der Waals surface area contributed by atoms with Crippen molar-refractivity contribution in [1.29, 1.82) is 0 Å². The number of carbonyl (C=O) groups is 1. The number of Topliss-reactive ketones (excluding diaryl/α,β-unsaturated/α-hetero) is 1. The Morgan fingerprint density at radius 1 is 1.47 bits per heavy atom. The molecule has 0 aliphatic carbocycles. The third-order valence-electron chi connectivity index (χ3n) is 2.46. The minimum atomic E-state index is -0.00625. The molecule has 0 atom stereocenters. The summed E-state index contributed by atoms with van der Waals surface area (Å²) in [5, 5.41) is 1.43. The first-order valence-electron chi connectivity index (χ1n) is 4.93. The zero-order chi connectivity index (χ0) is 12.6. The summed E-state index contributed by atoms with van der Waals surface area (Å²) in [6, 6.07) is 3.64. The van der Waals surface area contributed by atoms with Crippen LogP contribution in [0.15, 0.2) is 26.1 Å². The van der Waals surface area contributed by atoms with Crippen molar-refractivity contribution in [3.63, 3.8) is 0 Å². The van der Waals surface area contributed by atoms with Crippen LogP contribution in [-0.2, 0) is 0 Å². The first-order valence-corrected chi connectivity index (χ1v) is 6.95. The number of furan rings is 1. The number of hydrogen-bond acceptors (Lipinski definition) is 4. The molecular formula is C12H11BrO3S. The first kappa shape index (κ1) is 12.5. The van der Waals surface area contributed by atoms with Crippen molar-refractivity contribution in [3.05, 3.63) is 22.2 Å². The number of carbonyl (C=O) groups excluding carboxylic acids is 1. The maximum absolute atomic E-state index is 11.7. The Morgan fingerprint density at radius 3 is 2.71 bits per heavy atom. The summed E-state index contributed by atoms with van der Waals surface area (Å²) in [4.78, 5) is 11.7. The molecule has 17 heavy (non-hydrogen) atoms. The smallest absolute Gasteiger partial charge is 0.172 e. The van der Waals surface area contributed by atoms with Crippen LogP contribution in [0.1, 0.15) is 17.3 Å². The Morgan fingerprint density at radius 2 is 2.18 bits per heavy atom. The maximum atomic E-state index is 11.7. The summed E-state index contributed by atoms with van der Waals surface area (Å²) in [6.07, 6.45) is 1.88. The van der Waals surface area contributed by atoms with E-state index in [2.05, 4.69) is 15.9 Å². The van der Waals surface area contributed by atoms with Gasteiger partial charge >= 0.3 is 0 Å². The monoisotopic (exact) mass is 314 g/mol. The quantitative estimate of drug-likeness (QED) is 0.631. The molecule has 0 saturated heterocycles. The molecule has 90 valence electrons. The summed E-state index contributed by atoms with van der Waals surface area (Å²) in [7, 11) is 1.59. The molecule has 0 bridgehead atoms.